The summed E-state index contributed by atoms with van der Waals surface area (Å²) in [4.78, 5) is 24.2. The van der Waals surface area contributed by atoms with Crippen molar-refractivity contribution in [2.45, 2.75) is 70.8 Å². The lowest BCUT2D eigenvalue weighted by Crippen LogP contribution is -2.50. The minimum absolute atomic E-state index is 0.213. The second kappa shape index (κ2) is 5.98. The molecule has 0 saturated heterocycles. The molecule has 0 aliphatic heterocycles. The molecule has 0 radical (unpaired) electrons. The Labute approximate surface area is 127 Å². The molecule has 1 N–H and O–H groups in total. The second-order valence-electron chi connectivity index (χ2n) is 7.34. The fourth-order valence-electron chi connectivity index (χ4n) is 4.78. The number of carbonyl (C=O) groups excluding carboxylic acids is 2. The minimum atomic E-state index is -0.395. The van der Waals surface area contributed by atoms with E-state index in [1.807, 2.05) is 0 Å². The zero-order chi connectivity index (χ0) is 14.9. The van der Waals surface area contributed by atoms with Gasteiger partial charge in [-0.2, -0.15) is 0 Å². The number of rotatable bonds is 4. The van der Waals surface area contributed by atoms with E-state index in [1.165, 1.54) is 25.7 Å². The van der Waals surface area contributed by atoms with Crippen molar-refractivity contribution in [3.8, 4) is 0 Å². The maximum atomic E-state index is 12.3. The smallest absolute Gasteiger partial charge is 0.407 e. The van der Waals surface area contributed by atoms with Gasteiger partial charge in [0.2, 0.25) is 0 Å². The molecule has 4 saturated carbocycles. The summed E-state index contributed by atoms with van der Waals surface area (Å²) >= 11 is 0. The van der Waals surface area contributed by atoms with Crippen LogP contribution in [0, 0.1) is 17.3 Å². The molecule has 21 heavy (non-hydrogen) atoms. The first-order valence-electron chi connectivity index (χ1n) is 8.54. The Balaban J connectivity index is 1.58. The number of fused-ring (bicyclic) bond motifs is 3. The van der Waals surface area contributed by atoms with Gasteiger partial charge in [0.1, 0.15) is 12.4 Å². The summed E-state index contributed by atoms with van der Waals surface area (Å²) in [5.41, 5.74) is -0.395. The molecule has 2 bridgehead atoms. The van der Waals surface area contributed by atoms with E-state index in [1.54, 1.807) is 6.92 Å². The molecule has 0 spiro atoms. The zero-order valence-corrected chi connectivity index (χ0v) is 13.0. The highest BCUT2D eigenvalue weighted by atomic mass is 16.5. The zero-order valence-electron chi connectivity index (χ0n) is 13.0. The van der Waals surface area contributed by atoms with Gasteiger partial charge in [-0.1, -0.05) is 25.7 Å². The first kappa shape index (κ1) is 14.9. The third kappa shape index (κ3) is 2.95. The van der Waals surface area contributed by atoms with Crippen LogP contribution in [0.5, 0.6) is 0 Å². The summed E-state index contributed by atoms with van der Waals surface area (Å²) < 4.78 is 5.49. The molecule has 4 nitrogen and oxygen atoms in total. The molecule has 0 aromatic rings. The van der Waals surface area contributed by atoms with Crippen molar-refractivity contribution in [2.75, 3.05) is 6.61 Å². The molecule has 1 unspecified atom stereocenters. The SMILES string of the molecule is CC(=O)C1(COC(=O)NC2CCCC2)CC2CCC1CC2. The van der Waals surface area contributed by atoms with Crippen molar-refractivity contribution in [3.63, 3.8) is 0 Å². The van der Waals surface area contributed by atoms with Gasteiger partial charge in [0.25, 0.3) is 0 Å². The van der Waals surface area contributed by atoms with Gasteiger partial charge in [0.05, 0.1) is 5.41 Å². The number of carbonyl (C=O) groups is 2. The molecular formula is C17H27NO3. The Kier molecular flexibility index (Phi) is 4.23. The van der Waals surface area contributed by atoms with Gasteiger partial charge in [-0.05, 0) is 50.9 Å². The number of nitrogens with one attached hydrogen (secondary N) is 1. The molecule has 1 atom stereocenters. The van der Waals surface area contributed by atoms with E-state index in [0.29, 0.717) is 11.8 Å². The molecule has 0 aromatic heterocycles. The number of alkyl carbamates (subject to hydrolysis) is 1. The summed E-state index contributed by atoms with van der Waals surface area (Å²) in [7, 11) is 0. The predicted molar refractivity (Wildman–Crippen MR) is 79.9 cm³/mol. The molecule has 4 aliphatic rings. The number of ketones is 1. The van der Waals surface area contributed by atoms with Crippen LogP contribution in [0.2, 0.25) is 0 Å². The first-order chi connectivity index (χ1) is 10.1. The molecule has 1 amide bonds. The van der Waals surface area contributed by atoms with Crippen molar-refractivity contribution in [1.82, 2.24) is 5.32 Å². The fourth-order valence-corrected chi connectivity index (χ4v) is 4.78. The number of Topliss-reactive ketones (excluding diaryl/α,β-unsaturated/α-hetero) is 1. The van der Waals surface area contributed by atoms with Crippen LogP contribution in [-0.2, 0) is 9.53 Å². The summed E-state index contributed by atoms with van der Waals surface area (Å²) in [6.45, 7) is 1.96. The average Bonchev–Trinajstić information content (AvgIpc) is 2.99. The third-order valence-corrected chi connectivity index (χ3v) is 6.12. The normalized spacial score (nSPS) is 35.7. The number of amides is 1. The molecule has 0 aromatic carbocycles. The van der Waals surface area contributed by atoms with Crippen LogP contribution in [0.3, 0.4) is 0 Å². The van der Waals surface area contributed by atoms with Crippen LogP contribution in [0.15, 0.2) is 0 Å². The van der Waals surface area contributed by atoms with Gasteiger partial charge >= 0.3 is 6.09 Å². The molecule has 0 heterocycles. The van der Waals surface area contributed by atoms with Crippen molar-refractivity contribution < 1.29 is 14.3 Å². The van der Waals surface area contributed by atoms with Crippen molar-refractivity contribution >= 4 is 11.9 Å². The Morgan fingerprint density at radius 1 is 1.10 bits per heavy atom. The van der Waals surface area contributed by atoms with Crippen LogP contribution >= 0.6 is 0 Å². The Morgan fingerprint density at radius 2 is 1.76 bits per heavy atom. The number of ether oxygens (including phenoxy) is 1. The summed E-state index contributed by atoms with van der Waals surface area (Å²) in [5.74, 6) is 1.28. The van der Waals surface area contributed by atoms with Crippen LogP contribution in [0.4, 0.5) is 4.79 Å². The van der Waals surface area contributed by atoms with E-state index in [-0.39, 0.29) is 24.5 Å². The molecule has 4 aliphatic carbocycles. The van der Waals surface area contributed by atoms with Crippen LogP contribution in [0.1, 0.15) is 64.7 Å². The quantitative estimate of drug-likeness (QED) is 0.864. The van der Waals surface area contributed by atoms with E-state index < -0.39 is 5.41 Å². The lowest BCUT2D eigenvalue weighted by molar-refractivity contribution is -0.141. The summed E-state index contributed by atoms with van der Waals surface area (Å²) in [6.07, 6.45) is 9.80. The molecular weight excluding hydrogens is 266 g/mol. The van der Waals surface area contributed by atoms with Crippen molar-refractivity contribution in [3.05, 3.63) is 0 Å². The van der Waals surface area contributed by atoms with E-state index in [4.69, 9.17) is 4.74 Å². The van der Waals surface area contributed by atoms with Crippen molar-refractivity contribution in [1.29, 1.82) is 0 Å². The Morgan fingerprint density at radius 3 is 2.29 bits per heavy atom. The Hall–Kier alpha value is -1.06. The summed E-state index contributed by atoms with van der Waals surface area (Å²) in [5, 5.41) is 2.95. The van der Waals surface area contributed by atoms with Gasteiger partial charge in [-0.3, -0.25) is 4.79 Å². The monoisotopic (exact) mass is 293 g/mol. The number of hydrogen-bond donors (Lipinski definition) is 1. The summed E-state index contributed by atoms with van der Waals surface area (Å²) in [6, 6.07) is 0.272. The van der Waals surface area contributed by atoms with Gasteiger partial charge < -0.3 is 10.1 Å². The topological polar surface area (TPSA) is 55.4 Å². The molecule has 118 valence electrons. The molecule has 4 heteroatoms. The maximum Gasteiger partial charge on any atom is 0.407 e. The third-order valence-electron chi connectivity index (χ3n) is 6.12. The van der Waals surface area contributed by atoms with Crippen LogP contribution in [-0.4, -0.2) is 24.5 Å². The fraction of sp³-hybridized carbons (Fsp3) is 0.882. The predicted octanol–water partition coefficient (Wildman–Crippen LogP) is 3.44. The standard InChI is InChI=1S/C17H27NO3/c1-12(19)17(10-13-6-8-14(17)9-7-13)11-21-16(20)18-15-4-2-3-5-15/h13-15H,2-11H2,1H3,(H,18,20). The van der Waals surface area contributed by atoms with Gasteiger partial charge in [-0.25, -0.2) is 4.79 Å². The van der Waals surface area contributed by atoms with Gasteiger partial charge in [0.15, 0.2) is 0 Å². The van der Waals surface area contributed by atoms with Gasteiger partial charge in [-0.15, -0.1) is 0 Å². The van der Waals surface area contributed by atoms with Gasteiger partial charge in [0, 0.05) is 6.04 Å². The first-order valence-corrected chi connectivity index (χ1v) is 8.54. The average molecular weight is 293 g/mol. The van der Waals surface area contributed by atoms with E-state index in [9.17, 15) is 9.59 Å². The number of hydrogen-bond acceptors (Lipinski definition) is 3. The van der Waals surface area contributed by atoms with Crippen molar-refractivity contribution in [2.24, 2.45) is 17.3 Å². The Bertz CT molecular complexity index is 408. The van der Waals surface area contributed by atoms with E-state index in [0.717, 1.165) is 32.1 Å². The largest absolute Gasteiger partial charge is 0.448 e. The highest BCUT2D eigenvalue weighted by molar-refractivity contribution is 5.83. The second-order valence-corrected chi connectivity index (χ2v) is 7.34. The maximum absolute atomic E-state index is 12.3. The van der Waals surface area contributed by atoms with Crippen LogP contribution in [0.25, 0.3) is 0 Å². The lowest BCUT2D eigenvalue weighted by atomic mass is 9.55. The van der Waals surface area contributed by atoms with E-state index in [2.05, 4.69) is 5.32 Å². The minimum Gasteiger partial charge on any atom is -0.448 e. The molecule has 4 fully saturated rings. The lowest BCUT2D eigenvalue weighted by Gasteiger charge is -2.49. The van der Waals surface area contributed by atoms with Crippen LogP contribution < -0.4 is 5.32 Å². The highest BCUT2D eigenvalue weighted by Gasteiger charge is 2.51. The molecule has 4 rings (SSSR count). The highest BCUT2D eigenvalue weighted by Crippen LogP contribution is 2.53. The van der Waals surface area contributed by atoms with E-state index >= 15 is 0 Å².